The first-order chi connectivity index (χ1) is 12.7. The Bertz CT molecular complexity index is 969. The lowest BCUT2D eigenvalue weighted by atomic mass is 10.1. The number of aliphatic imine (C=N–C) groups is 1. The van der Waals surface area contributed by atoms with Crippen molar-refractivity contribution in [3.8, 4) is 20.2 Å². The van der Waals surface area contributed by atoms with E-state index in [2.05, 4.69) is 29.3 Å². The minimum absolute atomic E-state index is 0.389. The molecule has 1 aromatic carbocycles. The van der Waals surface area contributed by atoms with E-state index in [0.717, 1.165) is 9.75 Å². The van der Waals surface area contributed by atoms with Crippen molar-refractivity contribution in [3.05, 3.63) is 52.9 Å². The second kappa shape index (κ2) is 7.49. The van der Waals surface area contributed by atoms with Crippen LogP contribution in [0, 0.1) is 11.6 Å². The highest BCUT2D eigenvalue weighted by Crippen LogP contribution is 2.43. The summed E-state index contributed by atoms with van der Waals surface area (Å²) >= 11 is 7.81. The molecule has 3 aromatic rings. The fourth-order valence-corrected chi connectivity index (χ4v) is 5.75. The first-order valence-electron chi connectivity index (χ1n) is 8.43. The Morgan fingerprint density at radius 3 is 2.23 bits per heavy atom. The van der Waals surface area contributed by atoms with Gasteiger partial charge in [-0.15, -0.1) is 22.7 Å². The molecule has 0 amide bonds. The topological polar surface area (TPSA) is 12.4 Å². The molecular weight excluding hydrogens is 388 g/mol. The fraction of sp³-hybridized carbons (Fsp3) is 0.250. The summed E-state index contributed by atoms with van der Waals surface area (Å²) in [6.45, 7) is 0. The molecule has 1 aliphatic carbocycles. The van der Waals surface area contributed by atoms with Gasteiger partial charge in [0.05, 0.1) is 5.16 Å². The van der Waals surface area contributed by atoms with Gasteiger partial charge in [0, 0.05) is 19.5 Å². The largest absolute Gasteiger partial charge is 0.204 e. The Balaban J connectivity index is 1.63. The van der Waals surface area contributed by atoms with E-state index in [1.807, 2.05) is 28.6 Å². The van der Waals surface area contributed by atoms with Crippen LogP contribution in [0.15, 0.2) is 41.4 Å². The van der Waals surface area contributed by atoms with E-state index in [1.165, 1.54) is 47.6 Å². The highest BCUT2D eigenvalue weighted by molar-refractivity contribution is 7.78. The molecule has 1 saturated carbocycles. The van der Waals surface area contributed by atoms with Gasteiger partial charge in [-0.2, -0.15) is 4.99 Å². The van der Waals surface area contributed by atoms with Gasteiger partial charge in [-0.25, -0.2) is 8.78 Å². The van der Waals surface area contributed by atoms with E-state index in [1.54, 1.807) is 11.3 Å². The van der Waals surface area contributed by atoms with E-state index < -0.39 is 11.6 Å². The molecule has 0 aliphatic heterocycles. The van der Waals surface area contributed by atoms with Crippen molar-refractivity contribution in [3.63, 3.8) is 0 Å². The fourth-order valence-electron chi connectivity index (χ4n) is 3.40. The molecule has 2 heterocycles. The van der Waals surface area contributed by atoms with Crippen LogP contribution >= 0.6 is 34.9 Å². The Morgan fingerprint density at radius 1 is 0.923 bits per heavy atom. The summed E-state index contributed by atoms with van der Waals surface area (Å²) in [5.41, 5.74) is 0.118. The number of thiophene rings is 2. The minimum Gasteiger partial charge on any atom is -0.204 e. The van der Waals surface area contributed by atoms with Crippen molar-refractivity contribution >= 4 is 45.7 Å². The maximum atomic E-state index is 14.1. The maximum absolute atomic E-state index is 14.1. The average molecular weight is 404 g/mol. The van der Waals surface area contributed by atoms with E-state index >= 15 is 0 Å². The molecule has 26 heavy (non-hydrogen) atoms. The summed E-state index contributed by atoms with van der Waals surface area (Å²) in [6, 6.07) is 10.9. The van der Waals surface area contributed by atoms with Gasteiger partial charge < -0.3 is 0 Å². The molecule has 6 heteroatoms. The molecule has 0 atom stereocenters. The number of thiocarbonyl (C=S) groups is 1. The summed E-state index contributed by atoms with van der Waals surface area (Å²) in [5, 5.41) is 2.01. The minimum atomic E-state index is -0.730. The van der Waals surface area contributed by atoms with Crippen molar-refractivity contribution in [1.29, 1.82) is 0 Å². The van der Waals surface area contributed by atoms with Crippen LogP contribution in [0.5, 0.6) is 0 Å². The van der Waals surface area contributed by atoms with E-state index in [0.29, 0.717) is 11.5 Å². The molecule has 1 aliphatic rings. The standard InChI is InChI=1S/C20H15F2NS3/c21-14-9-13(10-15(22)20(14)23-11-24)17-6-8-19(26-17)18-7-5-16(25-18)12-3-1-2-4-12/h5-10,12H,1-4H2. The molecule has 0 N–H and O–H groups in total. The molecule has 0 radical (unpaired) electrons. The average Bonchev–Trinajstić information content (AvgIpc) is 3.38. The van der Waals surface area contributed by atoms with Crippen molar-refractivity contribution in [2.45, 2.75) is 31.6 Å². The Morgan fingerprint density at radius 2 is 1.54 bits per heavy atom. The highest BCUT2D eigenvalue weighted by atomic mass is 32.1. The van der Waals surface area contributed by atoms with Crippen LogP contribution in [0.25, 0.3) is 20.2 Å². The quantitative estimate of drug-likeness (QED) is 0.319. The second-order valence-corrected chi connectivity index (χ2v) is 8.72. The van der Waals surface area contributed by atoms with Gasteiger partial charge in [-0.1, -0.05) is 12.8 Å². The third kappa shape index (κ3) is 3.42. The number of isothiocyanates is 1. The smallest absolute Gasteiger partial charge is 0.153 e. The van der Waals surface area contributed by atoms with Gasteiger partial charge in [-0.05, 0) is 72.9 Å². The molecule has 2 aromatic heterocycles. The predicted octanol–water partition coefficient (Wildman–Crippen LogP) is 7.81. The van der Waals surface area contributed by atoms with Crippen LogP contribution in [-0.4, -0.2) is 5.16 Å². The molecule has 1 nitrogen and oxygen atoms in total. The molecule has 0 unspecified atom stereocenters. The lowest BCUT2D eigenvalue weighted by Crippen LogP contribution is -1.85. The zero-order valence-electron chi connectivity index (χ0n) is 13.8. The van der Waals surface area contributed by atoms with Crippen molar-refractivity contribution < 1.29 is 8.78 Å². The number of rotatable bonds is 4. The lowest BCUT2D eigenvalue weighted by Gasteiger charge is -2.04. The van der Waals surface area contributed by atoms with Crippen molar-refractivity contribution in [2.75, 3.05) is 0 Å². The molecule has 0 saturated heterocycles. The van der Waals surface area contributed by atoms with Gasteiger partial charge in [-0.3, -0.25) is 0 Å². The molecular formula is C20H15F2NS3. The summed E-state index contributed by atoms with van der Waals surface area (Å²) in [6.07, 6.45) is 5.21. The van der Waals surface area contributed by atoms with Crippen molar-refractivity contribution in [2.24, 2.45) is 4.99 Å². The third-order valence-electron chi connectivity index (χ3n) is 4.69. The van der Waals surface area contributed by atoms with Gasteiger partial charge in [0.2, 0.25) is 0 Å². The number of halogens is 2. The SMILES string of the molecule is Fc1cc(-c2ccc(-c3ccc(C4CCCC4)s3)s2)cc(F)c1N=C=S. The zero-order valence-corrected chi connectivity index (χ0v) is 16.2. The zero-order chi connectivity index (χ0) is 18.1. The van der Waals surface area contributed by atoms with Crippen LogP contribution in [0.2, 0.25) is 0 Å². The van der Waals surface area contributed by atoms with Crippen LogP contribution < -0.4 is 0 Å². The van der Waals surface area contributed by atoms with Gasteiger partial charge >= 0.3 is 0 Å². The summed E-state index contributed by atoms with van der Waals surface area (Å²) in [5.74, 6) is -0.760. The maximum Gasteiger partial charge on any atom is 0.153 e. The Kier molecular flexibility index (Phi) is 5.09. The van der Waals surface area contributed by atoms with Gasteiger partial charge in [0.1, 0.15) is 5.69 Å². The van der Waals surface area contributed by atoms with Gasteiger partial charge in [0.15, 0.2) is 11.6 Å². The van der Waals surface area contributed by atoms with Crippen LogP contribution in [0.4, 0.5) is 14.5 Å². The molecule has 4 rings (SSSR count). The van der Waals surface area contributed by atoms with Crippen LogP contribution in [0.1, 0.15) is 36.5 Å². The molecule has 0 bridgehead atoms. The summed E-state index contributed by atoms with van der Waals surface area (Å²) < 4.78 is 28.2. The normalized spacial score (nSPS) is 14.5. The number of nitrogens with zero attached hydrogens (tertiary/aromatic N) is 1. The Labute approximate surface area is 164 Å². The van der Waals surface area contributed by atoms with Crippen molar-refractivity contribution in [1.82, 2.24) is 0 Å². The molecule has 132 valence electrons. The van der Waals surface area contributed by atoms with Crippen LogP contribution in [-0.2, 0) is 0 Å². The molecule has 0 spiro atoms. The predicted molar refractivity (Wildman–Crippen MR) is 109 cm³/mol. The molecule has 1 fully saturated rings. The first kappa shape index (κ1) is 17.7. The van der Waals surface area contributed by atoms with Gasteiger partial charge in [0.25, 0.3) is 0 Å². The van der Waals surface area contributed by atoms with E-state index in [9.17, 15) is 8.78 Å². The van der Waals surface area contributed by atoms with E-state index in [-0.39, 0.29) is 5.69 Å². The monoisotopic (exact) mass is 403 g/mol. The third-order valence-corrected chi connectivity index (χ3v) is 7.36. The van der Waals surface area contributed by atoms with E-state index in [4.69, 9.17) is 0 Å². The van der Waals surface area contributed by atoms with Crippen LogP contribution in [0.3, 0.4) is 0 Å². The number of hydrogen-bond acceptors (Lipinski definition) is 4. The highest BCUT2D eigenvalue weighted by Gasteiger charge is 2.19. The Hall–Kier alpha value is -1.72. The summed E-state index contributed by atoms with van der Waals surface area (Å²) in [7, 11) is 0. The second-order valence-electron chi connectivity index (χ2n) is 6.34. The number of hydrogen-bond donors (Lipinski definition) is 0. The number of benzene rings is 1. The first-order valence-corrected chi connectivity index (χ1v) is 10.5. The lowest BCUT2D eigenvalue weighted by molar-refractivity contribution is 0.588. The summed E-state index contributed by atoms with van der Waals surface area (Å²) in [4.78, 5) is 8.07.